The number of methoxy groups -OCH3 is 2. The second kappa shape index (κ2) is 10.4. The van der Waals surface area contributed by atoms with Crippen LogP contribution in [0.4, 0.5) is 10.1 Å². The molecule has 0 radical (unpaired) electrons. The van der Waals surface area contributed by atoms with Gasteiger partial charge in [-0.2, -0.15) is 0 Å². The zero-order valence-electron chi connectivity index (χ0n) is 17.7. The van der Waals surface area contributed by atoms with Gasteiger partial charge in [0.25, 0.3) is 5.69 Å². The highest BCUT2D eigenvalue weighted by atomic mass is 19.1. The highest BCUT2D eigenvalue weighted by Crippen LogP contribution is 2.34. The minimum Gasteiger partial charge on any atom is -0.493 e. The molecule has 0 aliphatic rings. The largest absolute Gasteiger partial charge is 0.493 e. The molecule has 32 heavy (non-hydrogen) atoms. The SMILES string of the molecule is COc1cc(CCNC(=O)CCc2ccc(-c3ccccc3F)o2)c([N+](=O)[O-])cc1OC. The van der Waals surface area contributed by atoms with Gasteiger partial charge in [-0.1, -0.05) is 12.1 Å². The van der Waals surface area contributed by atoms with E-state index in [9.17, 15) is 19.3 Å². The maximum atomic E-state index is 13.9. The van der Waals surface area contributed by atoms with E-state index in [-0.39, 0.29) is 42.5 Å². The first kappa shape index (κ1) is 22.8. The molecule has 8 nitrogen and oxygen atoms in total. The van der Waals surface area contributed by atoms with E-state index in [1.807, 2.05) is 0 Å². The Labute approximate surface area is 184 Å². The number of carbonyl (C=O) groups is 1. The molecule has 0 spiro atoms. The van der Waals surface area contributed by atoms with Crippen molar-refractivity contribution in [2.75, 3.05) is 20.8 Å². The molecule has 0 saturated heterocycles. The first-order valence-corrected chi connectivity index (χ1v) is 9.92. The Bertz CT molecular complexity index is 1110. The summed E-state index contributed by atoms with van der Waals surface area (Å²) in [5, 5.41) is 14.1. The van der Waals surface area contributed by atoms with E-state index in [1.165, 1.54) is 32.4 Å². The van der Waals surface area contributed by atoms with Crippen LogP contribution >= 0.6 is 0 Å². The van der Waals surface area contributed by atoms with Gasteiger partial charge in [0.15, 0.2) is 11.5 Å². The predicted octanol–water partition coefficient (Wildman–Crippen LogP) is 4.30. The van der Waals surface area contributed by atoms with Crippen LogP contribution in [0.25, 0.3) is 11.3 Å². The molecule has 0 fully saturated rings. The first-order valence-electron chi connectivity index (χ1n) is 9.92. The van der Waals surface area contributed by atoms with Gasteiger partial charge in [-0.25, -0.2) is 4.39 Å². The van der Waals surface area contributed by atoms with Gasteiger partial charge in [-0.15, -0.1) is 0 Å². The number of nitro groups is 1. The Hall–Kier alpha value is -3.88. The molecule has 3 rings (SSSR count). The summed E-state index contributed by atoms with van der Waals surface area (Å²) < 4.78 is 29.8. The Morgan fingerprint density at radius 3 is 2.50 bits per heavy atom. The summed E-state index contributed by atoms with van der Waals surface area (Å²) in [5.74, 6) is 1.00. The fraction of sp³-hybridized carbons (Fsp3) is 0.261. The van der Waals surface area contributed by atoms with Crippen molar-refractivity contribution in [3.63, 3.8) is 0 Å². The van der Waals surface area contributed by atoms with E-state index >= 15 is 0 Å². The van der Waals surface area contributed by atoms with Crippen molar-refractivity contribution in [2.24, 2.45) is 0 Å². The van der Waals surface area contributed by atoms with Crippen LogP contribution in [0.3, 0.4) is 0 Å². The van der Waals surface area contributed by atoms with Gasteiger partial charge in [-0.3, -0.25) is 14.9 Å². The number of rotatable bonds is 10. The van der Waals surface area contributed by atoms with Crippen LogP contribution < -0.4 is 14.8 Å². The zero-order valence-corrected chi connectivity index (χ0v) is 17.7. The Kier molecular flexibility index (Phi) is 7.43. The molecule has 0 aliphatic heterocycles. The summed E-state index contributed by atoms with van der Waals surface area (Å²) >= 11 is 0. The third kappa shape index (κ3) is 5.42. The summed E-state index contributed by atoms with van der Waals surface area (Å²) in [6, 6.07) is 12.5. The number of hydrogen-bond acceptors (Lipinski definition) is 6. The van der Waals surface area contributed by atoms with Crippen LogP contribution in [0.2, 0.25) is 0 Å². The summed E-state index contributed by atoms with van der Waals surface area (Å²) in [6.45, 7) is 0.216. The molecule has 3 aromatic rings. The van der Waals surface area contributed by atoms with E-state index < -0.39 is 4.92 Å². The summed E-state index contributed by atoms with van der Waals surface area (Å²) in [6.07, 6.45) is 0.760. The number of ether oxygens (including phenoxy) is 2. The molecule has 0 atom stereocenters. The molecule has 1 heterocycles. The number of nitrogens with one attached hydrogen (secondary N) is 1. The van der Waals surface area contributed by atoms with Gasteiger partial charge < -0.3 is 19.2 Å². The lowest BCUT2D eigenvalue weighted by Crippen LogP contribution is -2.26. The highest BCUT2D eigenvalue weighted by molar-refractivity contribution is 5.76. The first-order chi connectivity index (χ1) is 15.4. The van der Waals surface area contributed by atoms with E-state index in [2.05, 4.69) is 5.32 Å². The molecule has 1 amide bonds. The van der Waals surface area contributed by atoms with Crippen molar-refractivity contribution in [3.8, 4) is 22.8 Å². The second-order valence-corrected chi connectivity index (χ2v) is 6.94. The van der Waals surface area contributed by atoms with Crippen molar-refractivity contribution < 1.29 is 28.0 Å². The molecular formula is C23H23FN2O6. The topological polar surface area (TPSA) is 104 Å². The minimum absolute atomic E-state index is 0.104. The Morgan fingerprint density at radius 1 is 1.09 bits per heavy atom. The molecule has 0 aliphatic carbocycles. The fourth-order valence-electron chi connectivity index (χ4n) is 3.26. The standard InChI is InChI=1S/C23H23FN2O6/c1-30-21-13-15(19(26(28)29)14-22(21)31-2)11-12-25-23(27)10-8-16-7-9-20(32-16)17-5-3-4-6-18(17)24/h3-7,9,13-14H,8,10-12H2,1-2H3,(H,25,27). The molecule has 2 aromatic carbocycles. The van der Waals surface area contributed by atoms with Gasteiger partial charge >= 0.3 is 0 Å². The number of hydrogen-bond donors (Lipinski definition) is 1. The lowest BCUT2D eigenvalue weighted by atomic mass is 10.1. The monoisotopic (exact) mass is 442 g/mol. The van der Waals surface area contributed by atoms with Crippen LogP contribution in [0.1, 0.15) is 17.7 Å². The summed E-state index contributed by atoms with van der Waals surface area (Å²) in [7, 11) is 2.85. The maximum Gasteiger partial charge on any atom is 0.276 e. The number of nitro benzene ring substituents is 1. The lowest BCUT2D eigenvalue weighted by Gasteiger charge is -2.11. The van der Waals surface area contributed by atoms with E-state index in [0.717, 1.165) is 0 Å². The average Bonchev–Trinajstić information content (AvgIpc) is 3.26. The molecule has 1 N–H and O–H groups in total. The van der Waals surface area contributed by atoms with Crippen LogP contribution in [-0.2, 0) is 17.6 Å². The summed E-state index contributed by atoms with van der Waals surface area (Å²) in [4.78, 5) is 23.1. The molecule has 0 bridgehead atoms. The molecule has 0 unspecified atom stereocenters. The highest BCUT2D eigenvalue weighted by Gasteiger charge is 2.19. The van der Waals surface area contributed by atoms with Crippen LogP contribution in [-0.4, -0.2) is 31.6 Å². The second-order valence-electron chi connectivity index (χ2n) is 6.94. The molecule has 9 heteroatoms. The molecule has 168 valence electrons. The van der Waals surface area contributed by atoms with Gasteiger partial charge in [-0.05, 0) is 36.8 Å². The Morgan fingerprint density at radius 2 is 1.81 bits per heavy atom. The van der Waals surface area contributed by atoms with Crippen molar-refractivity contribution >= 4 is 11.6 Å². The molecule has 1 aromatic heterocycles. The van der Waals surface area contributed by atoms with Crippen LogP contribution in [0, 0.1) is 15.9 Å². The third-order valence-corrected chi connectivity index (χ3v) is 4.90. The molecular weight excluding hydrogens is 419 g/mol. The number of amides is 1. The maximum absolute atomic E-state index is 13.9. The van der Waals surface area contributed by atoms with Crippen LogP contribution in [0.15, 0.2) is 52.9 Å². The van der Waals surface area contributed by atoms with Gasteiger partial charge in [0.1, 0.15) is 17.3 Å². The fourth-order valence-corrected chi connectivity index (χ4v) is 3.26. The smallest absolute Gasteiger partial charge is 0.276 e. The third-order valence-electron chi connectivity index (χ3n) is 4.90. The quantitative estimate of drug-likeness (QED) is 0.371. The normalized spacial score (nSPS) is 10.6. The number of aryl methyl sites for hydroxylation is 1. The number of benzene rings is 2. The van der Waals surface area contributed by atoms with Crippen molar-refractivity contribution in [1.29, 1.82) is 0 Å². The van der Waals surface area contributed by atoms with Crippen molar-refractivity contribution in [3.05, 3.63) is 75.8 Å². The number of halogens is 1. The zero-order chi connectivity index (χ0) is 23.1. The van der Waals surface area contributed by atoms with Gasteiger partial charge in [0.05, 0.1) is 30.8 Å². The van der Waals surface area contributed by atoms with Gasteiger partial charge in [0.2, 0.25) is 5.91 Å². The Balaban J connectivity index is 1.54. The number of carbonyl (C=O) groups excluding carboxylic acids is 1. The molecule has 0 saturated carbocycles. The lowest BCUT2D eigenvalue weighted by molar-refractivity contribution is -0.385. The number of nitrogens with zero attached hydrogens (tertiary/aromatic N) is 1. The average molecular weight is 442 g/mol. The summed E-state index contributed by atoms with van der Waals surface area (Å²) in [5.41, 5.74) is 0.682. The van der Waals surface area contributed by atoms with Crippen LogP contribution in [0.5, 0.6) is 11.5 Å². The number of furan rings is 1. The van der Waals surface area contributed by atoms with Crippen molar-refractivity contribution in [2.45, 2.75) is 19.3 Å². The van der Waals surface area contributed by atoms with E-state index in [1.54, 1.807) is 30.3 Å². The minimum atomic E-state index is -0.497. The van der Waals surface area contributed by atoms with E-state index in [4.69, 9.17) is 13.9 Å². The van der Waals surface area contributed by atoms with E-state index in [0.29, 0.717) is 34.8 Å². The van der Waals surface area contributed by atoms with Gasteiger partial charge in [0, 0.05) is 24.9 Å². The van der Waals surface area contributed by atoms with Crippen molar-refractivity contribution in [1.82, 2.24) is 5.32 Å². The predicted molar refractivity (Wildman–Crippen MR) is 115 cm³/mol.